The molecule has 0 aromatic rings. The van der Waals surface area contributed by atoms with E-state index in [0.29, 0.717) is 31.8 Å². The van der Waals surface area contributed by atoms with E-state index in [-0.39, 0.29) is 16.8 Å². The second-order valence-corrected chi connectivity index (χ2v) is 9.63. The Kier molecular flexibility index (Phi) is 4.99. The van der Waals surface area contributed by atoms with E-state index in [4.69, 9.17) is 4.74 Å². The Hall–Kier alpha value is -0.660. The van der Waals surface area contributed by atoms with Gasteiger partial charge in [-0.05, 0) is 32.1 Å². The lowest BCUT2D eigenvalue weighted by molar-refractivity contribution is -0.145. The fourth-order valence-electron chi connectivity index (χ4n) is 3.94. The fourth-order valence-corrected chi connectivity index (χ4v) is 5.81. The van der Waals surface area contributed by atoms with Crippen LogP contribution in [-0.2, 0) is 19.4 Å². The summed E-state index contributed by atoms with van der Waals surface area (Å²) >= 11 is 0. The summed E-state index contributed by atoms with van der Waals surface area (Å²) in [5.41, 5.74) is -0.216. The van der Waals surface area contributed by atoms with Crippen LogP contribution >= 0.6 is 0 Å². The van der Waals surface area contributed by atoms with Crippen LogP contribution in [0.1, 0.15) is 38.5 Å². The standard InChI is InChI=1S/C16H28N2O4S/c1-22-16(5-3-6-16)12-15(19)18-9-7-17(8-10-18)13-14-4-2-11-23(14,20)21/h14H,2-13H2,1H3. The van der Waals surface area contributed by atoms with Gasteiger partial charge in [0.25, 0.3) is 0 Å². The van der Waals surface area contributed by atoms with Crippen LogP contribution in [0.5, 0.6) is 0 Å². The molecule has 7 heteroatoms. The summed E-state index contributed by atoms with van der Waals surface area (Å²) in [7, 11) is -1.18. The lowest BCUT2D eigenvalue weighted by Gasteiger charge is -2.42. The van der Waals surface area contributed by atoms with Gasteiger partial charge in [-0.15, -0.1) is 0 Å². The normalized spacial score (nSPS) is 30.1. The van der Waals surface area contributed by atoms with Crippen LogP contribution in [0, 0.1) is 0 Å². The molecule has 2 aliphatic heterocycles. The van der Waals surface area contributed by atoms with Gasteiger partial charge in [0.15, 0.2) is 9.84 Å². The molecule has 3 fully saturated rings. The molecule has 1 aliphatic carbocycles. The van der Waals surface area contributed by atoms with Crippen molar-refractivity contribution in [1.29, 1.82) is 0 Å². The molecule has 1 saturated carbocycles. The molecule has 3 rings (SSSR count). The zero-order valence-corrected chi connectivity index (χ0v) is 14.8. The highest BCUT2D eigenvalue weighted by Crippen LogP contribution is 2.38. The first-order valence-electron chi connectivity index (χ1n) is 8.71. The molecule has 6 nitrogen and oxygen atoms in total. The summed E-state index contributed by atoms with van der Waals surface area (Å²) in [5.74, 6) is 0.523. The van der Waals surface area contributed by atoms with Gasteiger partial charge >= 0.3 is 0 Å². The third-order valence-electron chi connectivity index (χ3n) is 5.82. The number of rotatable bonds is 5. The summed E-state index contributed by atoms with van der Waals surface area (Å²) in [5, 5.41) is -0.198. The number of nitrogens with zero attached hydrogens (tertiary/aromatic N) is 2. The summed E-state index contributed by atoms with van der Waals surface area (Å²) in [6, 6.07) is 0. The van der Waals surface area contributed by atoms with Gasteiger partial charge in [-0.2, -0.15) is 0 Å². The highest BCUT2D eigenvalue weighted by molar-refractivity contribution is 7.92. The number of ether oxygens (including phenoxy) is 1. The van der Waals surface area contributed by atoms with E-state index in [1.807, 2.05) is 4.90 Å². The molecule has 0 aromatic heterocycles. The van der Waals surface area contributed by atoms with Crippen molar-refractivity contribution < 1.29 is 17.9 Å². The summed E-state index contributed by atoms with van der Waals surface area (Å²) in [4.78, 5) is 16.6. The molecule has 132 valence electrons. The number of carbonyl (C=O) groups is 1. The van der Waals surface area contributed by atoms with Gasteiger partial charge in [0.05, 0.1) is 23.0 Å². The minimum Gasteiger partial charge on any atom is -0.378 e. The molecule has 2 saturated heterocycles. The van der Waals surface area contributed by atoms with Gasteiger partial charge in [-0.25, -0.2) is 8.42 Å². The highest BCUT2D eigenvalue weighted by atomic mass is 32.2. The van der Waals surface area contributed by atoms with Gasteiger partial charge in [0.2, 0.25) is 5.91 Å². The van der Waals surface area contributed by atoms with E-state index in [0.717, 1.165) is 45.2 Å². The van der Waals surface area contributed by atoms with Crippen LogP contribution in [0.3, 0.4) is 0 Å². The predicted molar refractivity (Wildman–Crippen MR) is 88.0 cm³/mol. The molecule has 0 radical (unpaired) electrons. The van der Waals surface area contributed by atoms with Crippen LogP contribution in [0.15, 0.2) is 0 Å². The molecular formula is C16H28N2O4S. The third-order valence-corrected chi connectivity index (χ3v) is 8.08. The first-order valence-corrected chi connectivity index (χ1v) is 10.4. The lowest BCUT2D eigenvalue weighted by atomic mass is 9.77. The molecule has 0 aromatic carbocycles. The van der Waals surface area contributed by atoms with Crippen molar-refractivity contribution in [2.24, 2.45) is 0 Å². The van der Waals surface area contributed by atoms with Crippen LogP contribution in [0.4, 0.5) is 0 Å². The SMILES string of the molecule is COC1(CC(=O)N2CCN(CC3CCCS3(=O)=O)CC2)CCC1. The van der Waals surface area contributed by atoms with Crippen molar-refractivity contribution in [2.75, 3.05) is 45.6 Å². The minimum atomic E-state index is -2.88. The van der Waals surface area contributed by atoms with Crippen molar-refractivity contribution in [3.8, 4) is 0 Å². The fraction of sp³-hybridized carbons (Fsp3) is 0.938. The number of piperazine rings is 1. The Labute approximate surface area is 139 Å². The maximum Gasteiger partial charge on any atom is 0.225 e. The van der Waals surface area contributed by atoms with E-state index >= 15 is 0 Å². The number of sulfone groups is 1. The molecule has 2 heterocycles. The zero-order chi connectivity index (χ0) is 16.5. The van der Waals surface area contributed by atoms with E-state index in [1.165, 1.54) is 0 Å². The van der Waals surface area contributed by atoms with E-state index in [2.05, 4.69) is 4.90 Å². The first kappa shape index (κ1) is 17.2. The third kappa shape index (κ3) is 3.72. The quantitative estimate of drug-likeness (QED) is 0.733. The molecule has 1 atom stereocenters. The smallest absolute Gasteiger partial charge is 0.225 e. The zero-order valence-electron chi connectivity index (χ0n) is 14.0. The van der Waals surface area contributed by atoms with E-state index < -0.39 is 9.84 Å². The number of methoxy groups -OCH3 is 1. The Balaban J connectivity index is 1.46. The topological polar surface area (TPSA) is 66.9 Å². The van der Waals surface area contributed by atoms with Crippen LogP contribution in [0.25, 0.3) is 0 Å². The second kappa shape index (κ2) is 6.69. The monoisotopic (exact) mass is 344 g/mol. The molecule has 1 unspecified atom stereocenters. The second-order valence-electron chi connectivity index (χ2n) is 7.23. The van der Waals surface area contributed by atoms with Crippen molar-refractivity contribution in [1.82, 2.24) is 9.80 Å². The first-order chi connectivity index (χ1) is 10.9. The largest absolute Gasteiger partial charge is 0.378 e. The Morgan fingerprint density at radius 3 is 2.35 bits per heavy atom. The average molecular weight is 344 g/mol. The van der Waals surface area contributed by atoms with Crippen LogP contribution in [0.2, 0.25) is 0 Å². The molecule has 0 spiro atoms. The van der Waals surface area contributed by atoms with Crippen molar-refractivity contribution in [3.05, 3.63) is 0 Å². The molecule has 1 amide bonds. The van der Waals surface area contributed by atoms with Crippen LogP contribution in [-0.4, -0.2) is 80.6 Å². The Bertz CT molecular complexity index is 531. The highest BCUT2D eigenvalue weighted by Gasteiger charge is 2.40. The van der Waals surface area contributed by atoms with Gasteiger partial charge < -0.3 is 9.64 Å². The molecule has 3 aliphatic rings. The maximum atomic E-state index is 12.5. The summed E-state index contributed by atoms with van der Waals surface area (Å²) in [6.45, 7) is 3.58. The van der Waals surface area contributed by atoms with Crippen molar-refractivity contribution >= 4 is 15.7 Å². The Morgan fingerprint density at radius 1 is 1.17 bits per heavy atom. The van der Waals surface area contributed by atoms with Gasteiger partial charge in [-0.3, -0.25) is 9.69 Å². The number of hydrogen-bond acceptors (Lipinski definition) is 5. The van der Waals surface area contributed by atoms with Crippen LogP contribution < -0.4 is 0 Å². The summed E-state index contributed by atoms with van der Waals surface area (Å²) in [6.07, 6.45) is 5.18. The molecule has 23 heavy (non-hydrogen) atoms. The van der Waals surface area contributed by atoms with Gasteiger partial charge in [0.1, 0.15) is 0 Å². The van der Waals surface area contributed by atoms with Crippen molar-refractivity contribution in [2.45, 2.75) is 49.4 Å². The predicted octanol–water partition coefficient (Wildman–Crippen LogP) is 0.667. The maximum absolute atomic E-state index is 12.5. The van der Waals surface area contributed by atoms with E-state index in [1.54, 1.807) is 7.11 Å². The van der Waals surface area contributed by atoms with Gasteiger partial charge in [-0.1, -0.05) is 0 Å². The summed E-state index contributed by atoms with van der Waals surface area (Å²) < 4.78 is 29.4. The van der Waals surface area contributed by atoms with Gasteiger partial charge in [0, 0.05) is 39.8 Å². The average Bonchev–Trinajstić information content (AvgIpc) is 2.82. The lowest BCUT2D eigenvalue weighted by Crippen LogP contribution is -2.53. The molecule has 0 bridgehead atoms. The Morgan fingerprint density at radius 2 is 1.87 bits per heavy atom. The molecule has 0 N–H and O–H groups in total. The number of amides is 1. The minimum absolute atomic E-state index is 0.180. The molecular weight excluding hydrogens is 316 g/mol. The van der Waals surface area contributed by atoms with Crippen molar-refractivity contribution in [3.63, 3.8) is 0 Å². The number of hydrogen-bond donors (Lipinski definition) is 0. The van der Waals surface area contributed by atoms with E-state index in [9.17, 15) is 13.2 Å². The number of carbonyl (C=O) groups excluding carboxylic acids is 1.